The van der Waals surface area contributed by atoms with Crippen molar-refractivity contribution in [2.45, 2.75) is 12.3 Å². The number of benzene rings is 1. The highest BCUT2D eigenvalue weighted by Gasteiger charge is 2.44. The van der Waals surface area contributed by atoms with E-state index in [4.69, 9.17) is 5.11 Å². The van der Waals surface area contributed by atoms with Crippen molar-refractivity contribution in [1.82, 2.24) is 0 Å². The lowest BCUT2D eigenvalue weighted by Crippen LogP contribution is -1.98. The maximum absolute atomic E-state index is 12.7. The van der Waals surface area contributed by atoms with Crippen LogP contribution in [0.2, 0.25) is 0 Å². The first-order valence-electron chi connectivity index (χ1n) is 4.17. The summed E-state index contributed by atoms with van der Waals surface area (Å²) in [6.45, 7) is 0. The molecule has 2 rings (SSSR count). The van der Waals surface area contributed by atoms with Gasteiger partial charge in [-0.15, -0.1) is 0 Å². The van der Waals surface area contributed by atoms with Gasteiger partial charge in [-0.25, -0.2) is 4.39 Å². The fraction of sp³-hybridized carbons (Fsp3) is 0.300. The number of hydrogen-bond donors (Lipinski definition) is 1. The molecule has 1 fully saturated rings. The average molecular weight is 180 g/mol. The summed E-state index contributed by atoms with van der Waals surface area (Å²) in [5, 5.41) is 8.66. The molecule has 2 unspecified atom stereocenters. The summed E-state index contributed by atoms with van der Waals surface area (Å²) in [5.74, 6) is -1.36. The summed E-state index contributed by atoms with van der Waals surface area (Å²) in [6, 6.07) is 6.16. The number of carbonyl (C=O) groups is 1. The van der Waals surface area contributed by atoms with E-state index in [2.05, 4.69) is 0 Å². The molecule has 13 heavy (non-hydrogen) atoms. The van der Waals surface area contributed by atoms with Crippen molar-refractivity contribution in [2.24, 2.45) is 5.92 Å². The van der Waals surface area contributed by atoms with Crippen molar-refractivity contribution >= 4 is 5.97 Å². The predicted octanol–water partition coefficient (Wildman–Crippen LogP) is 2.01. The quantitative estimate of drug-likeness (QED) is 0.755. The third-order valence-corrected chi connectivity index (χ3v) is 2.38. The molecule has 3 heteroatoms. The van der Waals surface area contributed by atoms with Gasteiger partial charge in [0.25, 0.3) is 0 Å². The Bertz CT molecular complexity index is 349. The Hall–Kier alpha value is -1.38. The molecule has 1 aliphatic rings. The van der Waals surface area contributed by atoms with Gasteiger partial charge in [0, 0.05) is 0 Å². The van der Waals surface area contributed by atoms with E-state index in [0.717, 1.165) is 5.56 Å². The Kier molecular flexibility index (Phi) is 1.79. The zero-order chi connectivity index (χ0) is 9.42. The van der Waals surface area contributed by atoms with Gasteiger partial charge in [0.15, 0.2) is 0 Å². The van der Waals surface area contributed by atoms with Crippen molar-refractivity contribution in [2.75, 3.05) is 0 Å². The van der Waals surface area contributed by atoms with Gasteiger partial charge >= 0.3 is 5.97 Å². The van der Waals surface area contributed by atoms with Crippen LogP contribution in [-0.4, -0.2) is 11.1 Å². The molecule has 0 saturated heterocycles. The standard InChI is InChI=1S/C10H9FO2/c11-7-3-1-2-6(4-7)8-5-9(8)10(12)13/h1-4,8-9H,5H2,(H,12,13). The van der Waals surface area contributed by atoms with Crippen LogP contribution < -0.4 is 0 Å². The first-order valence-corrected chi connectivity index (χ1v) is 4.17. The molecule has 0 heterocycles. The first kappa shape index (κ1) is 8.23. The highest BCUT2D eigenvalue weighted by molar-refractivity contribution is 5.75. The molecular weight excluding hydrogens is 171 g/mol. The van der Waals surface area contributed by atoms with E-state index < -0.39 is 5.97 Å². The normalized spacial score (nSPS) is 25.6. The molecule has 0 aliphatic heterocycles. The minimum atomic E-state index is -0.783. The third kappa shape index (κ3) is 1.54. The summed E-state index contributed by atoms with van der Waals surface area (Å²) in [6.07, 6.45) is 0.638. The number of rotatable bonds is 2. The molecule has 1 N–H and O–H groups in total. The number of halogens is 1. The van der Waals surface area contributed by atoms with Crippen LogP contribution in [0.25, 0.3) is 0 Å². The topological polar surface area (TPSA) is 37.3 Å². The van der Waals surface area contributed by atoms with E-state index in [-0.39, 0.29) is 17.7 Å². The van der Waals surface area contributed by atoms with Crippen LogP contribution in [0.3, 0.4) is 0 Å². The molecule has 0 aromatic heterocycles. The molecular formula is C10H9FO2. The van der Waals surface area contributed by atoms with Gasteiger partial charge < -0.3 is 5.11 Å². The zero-order valence-corrected chi connectivity index (χ0v) is 6.90. The van der Waals surface area contributed by atoms with Gasteiger partial charge in [-0.2, -0.15) is 0 Å². The molecule has 68 valence electrons. The van der Waals surface area contributed by atoms with Gasteiger partial charge in [0.2, 0.25) is 0 Å². The molecule has 0 spiro atoms. The minimum absolute atomic E-state index is 0.0215. The Morgan fingerprint density at radius 2 is 2.31 bits per heavy atom. The summed E-state index contributed by atoms with van der Waals surface area (Å²) >= 11 is 0. The molecule has 2 nitrogen and oxygen atoms in total. The number of aliphatic carboxylic acids is 1. The summed E-state index contributed by atoms with van der Waals surface area (Å²) in [4.78, 5) is 10.5. The lowest BCUT2D eigenvalue weighted by molar-refractivity contribution is -0.138. The third-order valence-electron chi connectivity index (χ3n) is 2.38. The molecule has 0 radical (unpaired) electrons. The maximum atomic E-state index is 12.7. The molecule has 2 atom stereocenters. The van der Waals surface area contributed by atoms with Crippen LogP contribution in [-0.2, 0) is 4.79 Å². The smallest absolute Gasteiger partial charge is 0.307 e. The van der Waals surface area contributed by atoms with Crippen molar-refractivity contribution in [1.29, 1.82) is 0 Å². The Morgan fingerprint density at radius 3 is 2.85 bits per heavy atom. The first-order chi connectivity index (χ1) is 6.18. The molecule has 1 saturated carbocycles. The van der Waals surface area contributed by atoms with Gasteiger partial charge in [-0.3, -0.25) is 4.79 Å². The molecule has 0 bridgehead atoms. The summed E-state index contributed by atoms with van der Waals surface area (Å²) < 4.78 is 12.7. The molecule has 1 aromatic carbocycles. The largest absolute Gasteiger partial charge is 0.481 e. The predicted molar refractivity (Wildman–Crippen MR) is 44.9 cm³/mol. The van der Waals surface area contributed by atoms with Crippen LogP contribution in [0.15, 0.2) is 24.3 Å². The fourth-order valence-electron chi connectivity index (χ4n) is 1.57. The Balaban J connectivity index is 2.16. The molecule has 1 aliphatic carbocycles. The van der Waals surface area contributed by atoms with Gasteiger partial charge in [0.1, 0.15) is 5.82 Å². The number of carboxylic acid groups (broad SMARTS) is 1. The van der Waals surface area contributed by atoms with Gasteiger partial charge in [0.05, 0.1) is 5.92 Å². The van der Waals surface area contributed by atoms with E-state index in [1.807, 2.05) is 0 Å². The minimum Gasteiger partial charge on any atom is -0.481 e. The van der Waals surface area contributed by atoms with Crippen LogP contribution in [0, 0.1) is 11.7 Å². The second-order valence-electron chi connectivity index (χ2n) is 3.34. The van der Waals surface area contributed by atoms with Crippen LogP contribution in [0.4, 0.5) is 4.39 Å². The Labute approximate surface area is 75.0 Å². The zero-order valence-electron chi connectivity index (χ0n) is 6.90. The van der Waals surface area contributed by atoms with E-state index in [1.165, 1.54) is 12.1 Å². The summed E-state index contributed by atoms with van der Waals surface area (Å²) in [7, 11) is 0. The van der Waals surface area contributed by atoms with Gasteiger partial charge in [-0.05, 0) is 30.0 Å². The van der Waals surface area contributed by atoms with Gasteiger partial charge in [-0.1, -0.05) is 12.1 Å². The molecule has 0 amide bonds. The lowest BCUT2D eigenvalue weighted by Gasteiger charge is -1.97. The lowest BCUT2D eigenvalue weighted by atomic mass is 10.1. The highest BCUT2D eigenvalue weighted by atomic mass is 19.1. The Morgan fingerprint density at radius 1 is 1.54 bits per heavy atom. The van der Waals surface area contributed by atoms with E-state index in [1.54, 1.807) is 12.1 Å². The van der Waals surface area contributed by atoms with Crippen molar-refractivity contribution < 1.29 is 14.3 Å². The van der Waals surface area contributed by atoms with Crippen LogP contribution in [0.5, 0.6) is 0 Å². The van der Waals surface area contributed by atoms with E-state index in [0.29, 0.717) is 6.42 Å². The molecule has 1 aromatic rings. The van der Waals surface area contributed by atoms with E-state index >= 15 is 0 Å². The van der Waals surface area contributed by atoms with Crippen molar-refractivity contribution in [3.63, 3.8) is 0 Å². The SMILES string of the molecule is O=C(O)C1CC1c1cccc(F)c1. The van der Waals surface area contributed by atoms with Crippen molar-refractivity contribution in [3.05, 3.63) is 35.6 Å². The van der Waals surface area contributed by atoms with Crippen molar-refractivity contribution in [3.8, 4) is 0 Å². The van der Waals surface area contributed by atoms with Crippen LogP contribution in [0.1, 0.15) is 17.9 Å². The fourth-order valence-corrected chi connectivity index (χ4v) is 1.57. The second-order valence-corrected chi connectivity index (χ2v) is 3.34. The van der Waals surface area contributed by atoms with E-state index in [9.17, 15) is 9.18 Å². The monoisotopic (exact) mass is 180 g/mol. The second kappa shape index (κ2) is 2.83. The number of hydrogen-bond acceptors (Lipinski definition) is 1. The number of carboxylic acids is 1. The summed E-state index contributed by atoms with van der Waals surface area (Å²) in [5.41, 5.74) is 0.799. The maximum Gasteiger partial charge on any atom is 0.307 e. The highest BCUT2D eigenvalue weighted by Crippen LogP contribution is 2.47. The van der Waals surface area contributed by atoms with Crippen LogP contribution >= 0.6 is 0 Å². The average Bonchev–Trinajstić information content (AvgIpc) is 2.82.